The molecule has 7 rings (SSSR count). The third-order valence-electron chi connectivity index (χ3n) is 10.2. The normalized spacial score (nSPS) is 14.0. The van der Waals surface area contributed by atoms with Crippen LogP contribution in [-0.4, -0.2) is 62.8 Å². The molecule has 0 amide bonds. The first-order valence-electron chi connectivity index (χ1n) is 13.8. The van der Waals surface area contributed by atoms with Crippen LogP contribution in [0.1, 0.15) is 22.3 Å². The summed E-state index contributed by atoms with van der Waals surface area (Å²) in [6, 6.07) is 20.4. The van der Waals surface area contributed by atoms with Gasteiger partial charge in [0.25, 0.3) is 0 Å². The minimum Gasteiger partial charge on any atom is -0.458 e. The average molecular weight is 556 g/mol. The Labute approximate surface area is 246 Å². The highest BCUT2D eigenvalue weighted by molar-refractivity contribution is 9.10. The zero-order valence-electron chi connectivity index (χ0n) is 24.0. The van der Waals surface area contributed by atoms with E-state index in [4.69, 9.17) is 4.74 Å². The minimum absolute atomic E-state index is 0.484. The predicted octanol–water partition coefficient (Wildman–Crippen LogP) is -5.86. The number of rotatable bonds is 0. The van der Waals surface area contributed by atoms with Crippen LogP contribution in [0.4, 0.5) is 0 Å². The Morgan fingerprint density at radius 1 is 0.564 bits per heavy atom. The summed E-state index contributed by atoms with van der Waals surface area (Å²) >= 11 is 3.88. The molecule has 0 unspecified atom stereocenters. The number of hydrogen-bond donors (Lipinski definition) is 0. The van der Waals surface area contributed by atoms with E-state index in [1.54, 1.807) is 0 Å². The van der Waals surface area contributed by atoms with Crippen molar-refractivity contribution in [3.63, 3.8) is 0 Å². The van der Waals surface area contributed by atoms with Crippen molar-refractivity contribution in [1.82, 2.24) is 0 Å². The molecule has 1 heterocycles. The Hall–Kier alpha value is -2.84. The smallest absolute Gasteiger partial charge is 0.143 e. The first-order valence-corrected chi connectivity index (χ1v) is 14.6. The Kier molecular flexibility index (Phi) is 5.37. The summed E-state index contributed by atoms with van der Waals surface area (Å²) in [6.45, 7) is 0. The highest BCUT2D eigenvalue weighted by Crippen LogP contribution is 2.61. The molecule has 5 aromatic rings. The molecule has 0 aromatic heterocycles. The van der Waals surface area contributed by atoms with Gasteiger partial charge in [0.2, 0.25) is 0 Å². The number of ether oxygens (including phenoxy) is 1. The molecule has 0 bridgehead atoms. The fraction of sp³-hybridized carbons (Fsp3) is 0.0345. The highest BCUT2D eigenvalue weighted by atomic mass is 79.9. The van der Waals surface area contributed by atoms with E-state index in [2.05, 4.69) is 133 Å². The number of fused-ring (bicyclic) bond motifs is 11. The molecule has 39 heavy (non-hydrogen) atoms. The van der Waals surface area contributed by atoms with Gasteiger partial charge in [-0.25, -0.2) is 0 Å². The van der Waals surface area contributed by atoms with Gasteiger partial charge < -0.3 is 4.74 Å². The molecule has 5 aromatic carbocycles. The van der Waals surface area contributed by atoms with Crippen molar-refractivity contribution < 1.29 is 4.74 Å². The van der Waals surface area contributed by atoms with Gasteiger partial charge in [-0.2, -0.15) is 0 Å². The van der Waals surface area contributed by atoms with E-state index in [1.807, 2.05) is 0 Å². The molecule has 10 heteroatoms. The van der Waals surface area contributed by atoms with Gasteiger partial charge in [-0.1, -0.05) is 91.2 Å². The summed E-state index contributed by atoms with van der Waals surface area (Å²) in [5.74, 6) is 2.06. The van der Waals surface area contributed by atoms with Gasteiger partial charge in [-0.05, 0) is 45.2 Å². The van der Waals surface area contributed by atoms with Crippen LogP contribution in [0.15, 0.2) is 59.1 Å². The van der Waals surface area contributed by atoms with Crippen LogP contribution in [-0.2, 0) is 5.41 Å². The van der Waals surface area contributed by atoms with Crippen LogP contribution in [0.2, 0.25) is 0 Å². The quantitative estimate of drug-likeness (QED) is 0.170. The van der Waals surface area contributed by atoms with Crippen LogP contribution in [0.3, 0.4) is 0 Å². The molecule has 1 nitrogen and oxygen atoms in total. The summed E-state index contributed by atoms with van der Waals surface area (Å²) in [5.41, 5.74) is 17.9. The van der Waals surface area contributed by atoms with E-state index in [0.717, 1.165) is 16.0 Å². The van der Waals surface area contributed by atoms with E-state index >= 15 is 0 Å². The van der Waals surface area contributed by atoms with Gasteiger partial charge >= 0.3 is 0 Å². The molecule has 0 fully saturated rings. The summed E-state index contributed by atoms with van der Waals surface area (Å²) in [6.07, 6.45) is 0. The SMILES string of the molecule is Bc1c(B)c(B)c2c(c1B)Oc1c(B)c(B)c(B)c(B)c1C21c2cc(Br)ccc2-c2c1ccc1ccccc21. The third-order valence-corrected chi connectivity index (χ3v) is 10.7. The van der Waals surface area contributed by atoms with Crippen LogP contribution < -0.4 is 48.4 Å². The zero-order chi connectivity index (χ0) is 27.5. The van der Waals surface area contributed by atoms with E-state index < -0.39 is 5.41 Å². The average Bonchev–Trinajstić information content (AvgIpc) is 3.22. The van der Waals surface area contributed by atoms with E-state index in [0.29, 0.717) is 0 Å². The standard InChI is InChI=1S/C29H25B8BrO/c30-19-17-27(25(36)23(34)21(19)32)39-28-18(20(31)22(33)24(35)26(28)37)29(17)14-8-5-10-3-1-2-4-12(10)16(14)13-7-6-11(38)9-15(13)29/h1-9H,30-37H2. The minimum atomic E-state index is -0.484. The highest BCUT2D eigenvalue weighted by Gasteiger charge is 2.54. The van der Waals surface area contributed by atoms with Crippen LogP contribution >= 0.6 is 15.9 Å². The second kappa shape index (κ2) is 8.33. The van der Waals surface area contributed by atoms with Gasteiger partial charge in [0.1, 0.15) is 74.3 Å². The third kappa shape index (κ3) is 2.97. The Morgan fingerprint density at radius 2 is 1.13 bits per heavy atom. The van der Waals surface area contributed by atoms with Gasteiger partial charge in [-0.15, -0.1) is 10.9 Å². The maximum Gasteiger partial charge on any atom is 0.143 e. The molecular formula is C29H25B8BrO. The van der Waals surface area contributed by atoms with Gasteiger partial charge in [0.05, 0.1) is 5.41 Å². The molecule has 2 aliphatic rings. The summed E-state index contributed by atoms with van der Waals surface area (Å²) < 4.78 is 8.20. The molecule has 1 aliphatic heterocycles. The van der Waals surface area contributed by atoms with Crippen molar-refractivity contribution in [2.24, 2.45) is 0 Å². The summed E-state index contributed by atoms with van der Waals surface area (Å²) in [4.78, 5) is 0. The summed E-state index contributed by atoms with van der Waals surface area (Å²) in [7, 11) is 18.1. The van der Waals surface area contributed by atoms with E-state index in [1.165, 1.54) is 87.9 Å². The second-order valence-electron chi connectivity index (χ2n) is 11.7. The van der Waals surface area contributed by atoms with Crippen LogP contribution in [0.5, 0.6) is 11.5 Å². The van der Waals surface area contributed by atoms with E-state index in [9.17, 15) is 0 Å². The molecule has 1 spiro atoms. The zero-order valence-corrected chi connectivity index (χ0v) is 25.6. The molecule has 0 saturated carbocycles. The van der Waals surface area contributed by atoms with Crippen molar-refractivity contribution in [3.8, 4) is 22.6 Å². The second-order valence-corrected chi connectivity index (χ2v) is 12.6. The van der Waals surface area contributed by atoms with Gasteiger partial charge in [0.15, 0.2) is 0 Å². The molecule has 0 N–H and O–H groups in total. The molecule has 0 atom stereocenters. The van der Waals surface area contributed by atoms with Crippen molar-refractivity contribution in [2.45, 2.75) is 5.41 Å². The monoisotopic (exact) mass is 556 g/mol. The molecule has 1 aliphatic carbocycles. The fourth-order valence-electron chi connectivity index (χ4n) is 7.54. The van der Waals surface area contributed by atoms with Crippen molar-refractivity contribution in [3.05, 3.63) is 81.3 Å². The largest absolute Gasteiger partial charge is 0.458 e. The van der Waals surface area contributed by atoms with Gasteiger partial charge in [-0.3, -0.25) is 0 Å². The first kappa shape index (κ1) is 25.1. The van der Waals surface area contributed by atoms with Crippen LogP contribution in [0.25, 0.3) is 21.9 Å². The Bertz CT molecular complexity index is 1880. The Balaban J connectivity index is 1.83. The maximum absolute atomic E-state index is 7.10. The number of halogens is 1. The maximum atomic E-state index is 7.10. The predicted molar refractivity (Wildman–Crippen MR) is 194 cm³/mol. The molecular weight excluding hydrogens is 531 g/mol. The lowest BCUT2D eigenvalue weighted by atomic mass is 9.53. The van der Waals surface area contributed by atoms with Crippen molar-refractivity contribution >= 4 is 133 Å². The molecule has 0 saturated heterocycles. The summed E-state index contributed by atoms with van der Waals surface area (Å²) in [5, 5.41) is 2.58. The Morgan fingerprint density at radius 3 is 1.74 bits per heavy atom. The van der Waals surface area contributed by atoms with Crippen LogP contribution in [0, 0.1) is 0 Å². The topological polar surface area (TPSA) is 9.23 Å². The number of benzene rings is 5. The first-order chi connectivity index (χ1) is 18.6. The molecule has 178 valence electrons. The van der Waals surface area contributed by atoms with Crippen molar-refractivity contribution in [2.75, 3.05) is 0 Å². The fourth-order valence-corrected chi connectivity index (χ4v) is 7.91. The number of hydrogen-bond acceptors (Lipinski definition) is 1. The van der Waals surface area contributed by atoms with Crippen molar-refractivity contribution in [1.29, 1.82) is 0 Å². The van der Waals surface area contributed by atoms with Gasteiger partial charge in [0, 0.05) is 15.6 Å². The lowest BCUT2D eigenvalue weighted by Gasteiger charge is -2.45. The van der Waals surface area contributed by atoms with E-state index in [-0.39, 0.29) is 0 Å². The lowest BCUT2D eigenvalue weighted by molar-refractivity contribution is 0.447. The lowest BCUT2D eigenvalue weighted by Crippen LogP contribution is -2.58. The molecule has 0 radical (unpaired) electrons.